The fraction of sp³-hybridized carbons (Fsp3) is 0.538. The predicted octanol–water partition coefficient (Wildman–Crippen LogP) is 1.40. The molecule has 0 N–H and O–H groups in total. The number of hydrogen-bond acceptors (Lipinski definition) is 4. The maximum Gasteiger partial charge on any atom is 0.242 e. The van der Waals surface area contributed by atoms with Gasteiger partial charge in [0.25, 0.3) is 0 Å². The highest BCUT2D eigenvalue weighted by atomic mass is 79.9. The topological polar surface area (TPSA) is 49.9 Å². The minimum absolute atomic E-state index is 0.324. The van der Waals surface area contributed by atoms with Gasteiger partial charge in [-0.1, -0.05) is 15.9 Å². The number of likely N-dealkylation sites (N-methyl/N-ethyl adjacent to an activating group) is 1. The van der Waals surface area contributed by atoms with Gasteiger partial charge in [0.2, 0.25) is 10.0 Å². The van der Waals surface area contributed by atoms with Gasteiger partial charge in [0.15, 0.2) is 0 Å². The van der Waals surface area contributed by atoms with E-state index in [-0.39, 0.29) is 0 Å². The standard InChI is InChI=1S/C13H19BrN2O3S/c1-15(6-7-16-8-10-19-11-9-16)20(17,18)13-4-2-12(14)3-5-13/h2-5H,6-11H2,1H3. The van der Waals surface area contributed by atoms with Crippen LogP contribution >= 0.6 is 15.9 Å². The zero-order chi connectivity index (χ0) is 14.6. The Morgan fingerprint density at radius 3 is 2.45 bits per heavy atom. The third-order valence-corrected chi connectivity index (χ3v) is 5.76. The van der Waals surface area contributed by atoms with Crippen LogP contribution in [-0.4, -0.2) is 64.1 Å². The summed E-state index contributed by atoms with van der Waals surface area (Å²) < 4.78 is 32.3. The molecule has 0 unspecified atom stereocenters. The molecule has 1 aliphatic heterocycles. The van der Waals surface area contributed by atoms with Crippen LogP contribution in [0.3, 0.4) is 0 Å². The minimum Gasteiger partial charge on any atom is -0.379 e. The van der Waals surface area contributed by atoms with E-state index in [1.54, 1.807) is 31.3 Å². The molecule has 0 bridgehead atoms. The number of nitrogens with zero attached hydrogens (tertiary/aromatic N) is 2. The molecule has 1 saturated heterocycles. The quantitative estimate of drug-likeness (QED) is 0.794. The number of hydrogen-bond donors (Lipinski definition) is 0. The molecule has 0 spiro atoms. The van der Waals surface area contributed by atoms with Gasteiger partial charge < -0.3 is 4.74 Å². The average molecular weight is 363 g/mol. The first-order valence-corrected chi connectivity index (χ1v) is 8.75. The lowest BCUT2D eigenvalue weighted by molar-refractivity contribution is 0.0368. The number of halogens is 1. The molecule has 1 heterocycles. The van der Waals surface area contributed by atoms with Gasteiger partial charge in [-0.15, -0.1) is 0 Å². The summed E-state index contributed by atoms with van der Waals surface area (Å²) in [5.74, 6) is 0. The minimum atomic E-state index is -3.40. The third-order valence-electron chi connectivity index (χ3n) is 3.36. The average Bonchev–Trinajstić information content (AvgIpc) is 2.46. The van der Waals surface area contributed by atoms with Gasteiger partial charge in [0.1, 0.15) is 0 Å². The van der Waals surface area contributed by atoms with Crippen LogP contribution < -0.4 is 0 Å². The van der Waals surface area contributed by atoms with Crippen LogP contribution in [-0.2, 0) is 14.8 Å². The molecule has 7 heteroatoms. The Morgan fingerprint density at radius 2 is 1.85 bits per heavy atom. The van der Waals surface area contributed by atoms with Crippen LogP contribution in [0.4, 0.5) is 0 Å². The second kappa shape index (κ2) is 7.00. The molecule has 1 fully saturated rings. The molecule has 1 aliphatic rings. The van der Waals surface area contributed by atoms with E-state index in [9.17, 15) is 8.42 Å². The molecule has 2 rings (SSSR count). The Bertz CT molecular complexity index is 527. The fourth-order valence-corrected chi connectivity index (χ4v) is 3.44. The summed E-state index contributed by atoms with van der Waals surface area (Å²) in [5.41, 5.74) is 0. The summed E-state index contributed by atoms with van der Waals surface area (Å²) in [6.07, 6.45) is 0. The van der Waals surface area contributed by atoms with Crippen LogP contribution in [0.1, 0.15) is 0 Å². The van der Waals surface area contributed by atoms with Crippen molar-refractivity contribution in [3.63, 3.8) is 0 Å². The van der Waals surface area contributed by atoms with Crippen molar-refractivity contribution >= 4 is 26.0 Å². The van der Waals surface area contributed by atoms with E-state index in [4.69, 9.17) is 4.74 Å². The van der Waals surface area contributed by atoms with Crippen LogP contribution in [0.2, 0.25) is 0 Å². The molecule has 0 aliphatic carbocycles. The van der Waals surface area contributed by atoms with Gasteiger partial charge in [0, 0.05) is 37.7 Å². The summed E-state index contributed by atoms with van der Waals surface area (Å²) in [5, 5.41) is 0. The van der Waals surface area contributed by atoms with E-state index in [2.05, 4.69) is 20.8 Å². The van der Waals surface area contributed by atoms with Gasteiger partial charge in [0.05, 0.1) is 18.1 Å². The highest BCUT2D eigenvalue weighted by molar-refractivity contribution is 9.10. The van der Waals surface area contributed by atoms with E-state index >= 15 is 0 Å². The van der Waals surface area contributed by atoms with Crippen molar-refractivity contribution < 1.29 is 13.2 Å². The Morgan fingerprint density at radius 1 is 1.25 bits per heavy atom. The first kappa shape index (κ1) is 15.9. The summed E-state index contributed by atoms with van der Waals surface area (Å²) in [6, 6.07) is 6.71. The van der Waals surface area contributed by atoms with Crippen LogP contribution in [0.15, 0.2) is 33.6 Å². The maximum absolute atomic E-state index is 12.4. The largest absolute Gasteiger partial charge is 0.379 e. The Kier molecular flexibility index (Phi) is 5.57. The molecule has 20 heavy (non-hydrogen) atoms. The van der Waals surface area contributed by atoms with E-state index < -0.39 is 10.0 Å². The third kappa shape index (κ3) is 4.02. The lowest BCUT2D eigenvalue weighted by atomic mass is 10.4. The highest BCUT2D eigenvalue weighted by Crippen LogP contribution is 2.17. The highest BCUT2D eigenvalue weighted by Gasteiger charge is 2.21. The zero-order valence-electron chi connectivity index (χ0n) is 11.5. The molecule has 0 atom stereocenters. The Balaban J connectivity index is 1.96. The molecule has 112 valence electrons. The maximum atomic E-state index is 12.4. The molecule has 0 amide bonds. The fourth-order valence-electron chi connectivity index (χ4n) is 2.01. The van der Waals surface area contributed by atoms with Crippen molar-refractivity contribution in [3.8, 4) is 0 Å². The van der Waals surface area contributed by atoms with Crippen molar-refractivity contribution in [2.24, 2.45) is 0 Å². The first-order chi connectivity index (χ1) is 9.50. The summed E-state index contributed by atoms with van der Waals surface area (Å²) in [6.45, 7) is 4.40. The smallest absolute Gasteiger partial charge is 0.242 e. The van der Waals surface area contributed by atoms with E-state index in [0.717, 1.165) is 37.3 Å². The number of morpholine rings is 1. The summed E-state index contributed by atoms with van der Waals surface area (Å²) >= 11 is 3.31. The van der Waals surface area contributed by atoms with E-state index in [0.29, 0.717) is 11.4 Å². The van der Waals surface area contributed by atoms with Crippen molar-refractivity contribution in [2.75, 3.05) is 46.4 Å². The van der Waals surface area contributed by atoms with Gasteiger partial charge in [-0.3, -0.25) is 4.90 Å². The monoisotopic (exact) mass is 362 g/mol. The lowest BCUT2D eigenvalue weighted by Crippen LogP contribution is -2.41. The van der Waals surface area contributed by atoms with Gasteiger partial charge >= 0.3 is 0 Å². The Hall–Kier alpha value is -0.470. The summed E-state index contributed by atoms with van der Waals surface area (Å²) in [4.78, 5) is 2.54. The number of sulfonamides is 1. The SMILES string of the molecule is CN(CCN1CCOCC1)S(=O)(=O)c1ccc(Br)cc1. The zero-order valence-corrected chi connectivity index (χ0v) is 13.9. The Labute approximate surface area is 128 Å². The predicted molar refractivity (Wildman–Crippen MR) is 81.2 cm³/mol. The van der Waals surface area contributed by atoms with Gasteiger partial charge in [-0.2, -0.15) is 4.31 Å². The molecule has 0 saturated carbocycles. The molecular weight excluding hydrogens is 344 g/mol. The molecule has 1 aromatic rings. The van der Waals surface area contributed by atoms with Crippen LogP contribution in [0, 0.1) is 0 Å². The second-order valence-corrected chi connectivity index (χ2v) is 7.70. The normalized spacial score (nSPS) is 17.6. The van der Waals surface area contributed by atoms with Crippen LogP contribution in [0.5, 0.6) is 0 Å². The lowest BCUT2D eigenvalue weighted by Gasteiger charge is -2.28. The van der Waals surface area contributed by atoms with Gasteiger partial charge in [-0.25, -0.2) is 8.42 Å². The van der Waals surface area contributed by atoms with E-state index in [1.807, 2.05) is 0 Å². The molecule has 1 aromatic carbocycles. The molecule has 0 radical (unpaired) electrons. The molecule has 5 nitrogen and oxygen atoms in total. The number of benzene rings is 1. The van der Waals surface area contributed by atoms with Crippen LogP contribution in [0.25, 0.3) is 0 Å². The summed E-state index contributed by atoms with van der Waals surface area (Å²) in [7, 11) is -1.78. The number of rotatable bonds is 5. The number of ether oxygens (including phenoxy) is 1. The van der Waals surface area contributed by atoms with Crippen molar-refractivity contribution in [1.82, 2.24) is 9.21 Å². The van der Waals surface area contributed by atoms with Crippen molar-refractivity contribution in [1.29, 1.82) is 0 Å². The van der Waals surface area contributed by atoms with Crippen molar-refractivity contribution in [3.05, 3.63) is 28.7 Å². The second-order valence-electron chi connectivity index (χ2n) is 4.73. The first-order valence-electron chi connectivity index (χ1n) is 6.52. The van der Waals surface area contributed by atoms with E-state index in [1.165, 1.54) is 4.31 Å². The molecule has 0 aromatic heterocycles. The van der Waals surface area contributed by atoms with Gasteiger partial charge in [-0.05, 0) is 24.3 Å². The molecular formula is C13H19BrN2O3S. The van der Waals surface area contributed by atoms with Crippen molar-refractivity contribution in [2.45, 2.75) is 4.90 Å².